The average molecular weight is 324 g/mol. The van der Waals surface area contributed by atoms with Crippen LogP contribution in [0.4, 0.5) is 18.9 Å². The molecule has 3 nitrogen and oxygen atoms in total. The van der Waals surface area contributed by atoms with Gasteiger partial charge in [-0.15, -0.1) is 0 Å². The predicted octanol–water partition coefficient (Wildman–Crippen LogP) is 3.12. The number of hydrogen-bond acceptors (Lipinski definition) is 2. The van der Waals surface area contributed by atoms with E-state index in [4.69, 9.17) is 11.1 Å². The highest BCUT2D eigenvalue weighted by Gasteiger charge is 2.31. The van der Waals surface area contributed by atoms with Gasteiger partial charge >= 0.3 is 6.18 Å². The second-order valence-electron chi connectivity index (χ2n) is 3.70. The molecule has 7 heteroatoms. The van der Waals surface area contributed by atoms with Crippen LogP contribution in [0.3, 0.4) is 0 Å². The quantitative estimate of drug-likeness (QED) is 0.660. The van der Waals surface area contributed by atoms with Gasteiger partial charge in [0.25, 0.3) is 0 Å². The Morgan fingerprint density at radius 2 is 2.06 bits per heavy atom. The predicted molar refractivity (Wildman–Crippen MR) is 69.1 cm³/mol. The largest absolute Gasteiger partial charge is 0.405 e. The van der Waals surface area contributed by atoms with E-state index in [-0.39, 0.29) is 17.9 Å². The van der Waals surface area contributed by atoms with Crippen molar-refractivity contribution in [3.8, 4) is 0 Å². The number of hydrogen-bond donors (Lipinski definition) is 2. The fourth-order valence-corrected chi connectivity index (χ4v) is 1.94. The number of nitrogen functional groups attached to an aromatic ring is 1. The summed E-state index contributed by atoms with van der Waals surface area (Å²) in [7, 11) is 0. The molecule has 0 aliphatic carbocycles. The van der Waals surface area contributed by atoms with E-state index in [2.05, 4.69) is 15.9 Å². The molecule has 100 valence electrons. The Morgan fingerprint density at radius 3 is 2.50 bits per heavy atom. The number of alkyl halides is 3. The van der Waals surface area contributed by atoms with Gasteiger partial charge in [-0.3, -0.25) is 5.41 Å². The summed E-state index contributed by atoms with van der Waals surface area (Å²) in [5, 5.41) is 7.42. The van der Waals surface area contributed by atoms with Crippen LogP contribution in [0, 0.1) is 5.41 Å². The molecule has 18 heavy (non-hydrogen) atoms. The minimum atomic E-state index is -4.29. The first-order chi connectivity index (χ1) is 8.24. The second-order valence-corrected chi connectivity index (χ2v) is 4.62. The zero-order chi connectivity index (χ0) is 13.9. The molecule has 0 amide bonds. The summed E-state index contributed by atoms with van der Waals surface area (Å²) in [5.41, 5.74) is 5.99. The van der Waals surface area contributed by atoms with Crippen molar-refractivity contribution in [3.63, 3.8) is 0 Å². The summed E-state index contributed by atoms with van der Waals surface area (Å²) >= 11 is 3.20. The highest BCUT2D eigenvalue weighted by Crippen LogP contribution is 2.27. The van der Waals surface area contributed by atoms with Gasteiger partial charge in [0.2, 0.25) is 0 Å². The van der Waals surface area contributed by atoms with Crippen LogP contribution in [0.1, 0.15) is 12.5 Å². The van der Waals surface area contributed by atoms with Gasteiger partial charge in [0, 0.05) is 22.3 Å². The lowest BCUT2D eigenvalue weighted by Gasteiger charge is -2.26. The summed E-state index contributed by atoms with van der Waals surface area (Å²) < 4.78 is 38.0. The molecule has 1 aromatic carbocycles. The Morgan fingerprint density at radius 1 is 1.44 bits per heavy atom. The van der Waals surface area contributed by atoms with Crippen molar-refractivity contribution in [2.45, 2.75) is 13.1 Å². The van der Waals surface area contributed by atoms with E-state index >= 15 is 0 Å². The number of halogens is 4. The monoisotopic (exact) mass is 323 g/mol. The molecule has 0 aromatic heterocycles. The highest BCUT2D eigenvalue weighted by atomic mass is 79.9. The molecule has 0 bridgehead atoms. The van der Waals surface area contributed by atoms with E-state index in [0.717, 1.165) is 4.90 Å². The van der Waals surface area contributed by atoms with Crippen molar-refractivity contribution < 1.29 is 13.2 Å². The molecular weight excluding hydrogens is 311 g/mol. The molecule has 0 saturated carbocycles. The summed E-state index contributed by atoms with van der Waals surface area (Å²) in [6.45, 7) is 0.741. The Kier molecular flexibility index (Phi) is 4.61. The van der Waals surface area contributed by atoms with E-state index in [1.807, 2.05) is 0 Å². The minimum Gasteiger partial charge on any atom is -0.384 e. The highest BCUT2D eigenvalue weighted by molar-refractivity contribution is 9.10. The van der Waals surface area contributed by atoms with Crippen molar-refractivity contribution in [1.29, 1.82) is 5.41 Å². The van der Waals surface area contributed by atoms with Crippen molar-refractivity contribution in [2.75, 3.05) is 18.0 Å². The fourth-order valence-electron chi connectivity index (χ4n) is 1.58. The molecule has 0 fully saturated rings. The Hall–Kier alpha value is -1.24. The smallest absolute Gasteiger partial charge is 0.384 e. The van der Waals surface area contributed by atoms with Crippen molar-refractivity contribution in [1.82, 2.24) is 0 Å². The van der Waals surface area contributed by atoms with Crippen LogP contribution in [-0.2, 0) is 0 Å². The standard InChI is InChI=1S/C11H13BrF3N3/c1-2-18(6-11(13,14)15)9-4-3-7(12)5-8(9)10(16)17/h3-5H,2,6H2,1H3,(H3,16,17). The minimum absolute atomic E-state index is 0.182. The molecule has 1 aromatic rings. The SMILES string of the molecule is CCN(CC(F)(F)F)c1ccc(Br)cc1C(=N)N. The lowest BCUT2D eigenvalue weighted by atomic mass is 10.1. The Balaban J connectivity index is 3.17. The van der Waals surface area contributed by atoms with Crippen LogP contribution in [0.5, 0.6) is 0 Å². The summed E-state index contributed by atoms with van der Waals surface area (Å²) in [4.78, 5) is 1.14. The molecule has 0 unspecified atom stereocenters. The zero-order valence-electron chi connectivity index (χ0n) is 9.68. The normalized spacial score (nSPS) is 11.4. The molecule has 3 N–H and O–H groups in total. The molecule has 0 radical (unpaired) electrons. The van der Waals surface area contributed by atoms with Crippen LogP contribution in [-0.4, -0.2) is 25.1 Å². The molecule has 1 rings (SSSR count). The topological polar surface area (TPSA) is 53.1 Å². The molecule has 0 atom stereocenters. The Bertz CT molecular complexity index is 446. The molecule has 0 heterocycles. The third kappa shape index (κ3) is 3.90. The number of anilines is 1. The maximum atomic E-state index is 12.5. The van der Waals surface area contributed by atoms with E-state index in [0.29, 0.717) is 10.2 Å². The van der Waals surface area contributed by atoms with Crippen molar-refractivity contribution >= 4 is 27.5 Å². The van der Waals surface area contributed by atoms with Gasteiger partial charge in [0.05, 0.1) is 0 Å². The van der Waals surface area contributed by atoms with Crippen LogP contribution < -0.4 is 10.6 Å². The summed E-state index contributed by atoms with van der Waals surface area (Å²) in [5.74, 6) is -0.257. The first-order valence-electron chi connectivity index (χ1n) is 5.20. The zero-order valence-corrected chi connectivity index (χ0v) is 11.3. The third-order valence-corrected chi connectivity index (χ3v) is 2.83. The third-order valence-electron chi connectivity index (χ3n) is 2.34. The maximum absolute atomic E-state index is 12.5. The molecule has 0 aliphatic rings. The van der Waals surface area contributed by atoms with E-state index in [1.165, 1.54) is 12.1 Å². The summed E-state index contributed by atoms with van der Waals surface area (Å²) in [6, 6.07) is 4.69. The van der Waals surface area contributed by atoms with Crippen molar-refractivity contribution in [2.24, 2.45) is 5.73 Å². The molecule has 0 saturated heterocycles. The van der Waals surface area contributed by atoms with Crippen LogP contribution in [0.2, 0.25) is 0 Å². The number of nitrogens with zero attached hydrogens (tertiary/aromatic N) is 1. The van der Waals surface area contributed by atoms with Crippen LogP contribution in [0.15, 0.2) is 22.7 Å². The van der Waals surface area contributed by atoms with Crippen LogP contribution >= 0.6 is 15.9 Å². The summed E-state index contributed by atoms with van der Waals surface area (Å²) in [6.07, 6.45) is -4.29. The number of nitrogens with one attached hydrogen (secondary N) is 1. The van der Waals surface area contributed by atoms with Crippen LogP contribution in [0.25, 0.3) is 0 Å². The lowest BCUT2D eigenvalue weighted by Crippen LogP contribution is -2.35. The molecule has 0 spiro atoms. The number of benzene rings is 1. The second kappa shape index (κ2) is 5.60. The number of rotatable bonds is 4. The average Bonchev–Trinajstić information content (AvgIpc) is 2.24. The molecule has 0 aliphatic heterocycles. The van der Waals surface area contributed by atoms with Gasteiger partial charge in [0.15, 0.2) is 0 Å². The van der Waals surface area contributed by atoms with Gasteiger partial charge in [-0.25, -0.2) is 0 Å². The number of nitrogens with two attached hydrogens (primary N) is 1. The lowest BCUT2D eigenvalue weighted by molar-refractivity contribution is -0.119. The number of amidine groups is 1. The van der Waals surface area contributed by atoms with E-state index < -0.39 is 12.7 Å². The van der Waals surface area contributed by atoms with Gasteiger partial charge in [-0.2, -0.15) is 13.2 Å². The fraction of sp³-hybridized carbons (Fsp3) is 0.364. The van der Waals surface area contributed by atoms with Gasteiger partial charge < -0.3 is 10.6 Å². The van der Waals surface area contributed by atoms with Gasteiger partial charge in [-0.1, -0.05) is 15.9 Å². The van der Waals surface area contributed by atoms with E-state index in [1.54, 1.807) is 13.0 Å². The Labute approximate surface area is 111 Å². The first kappa shape index (κ1) is 14.8. The van der Waals surface area contributed by atoms with Gasteiger partial charge in [-0.05, 0) is 25.1 Å². The first-order valence-corrected chi connectivity index (χ1v) is 5.99. The van der Waals surface area contributed by atoms with E-state index in [9.17, 15) is 13.2 Å². The van der Waals surface area contributed by atoms with Crippen molar-refractivity contribution in [3.05, 3.63) is 28.2 Å². The maximum Gasteiger partial charge on any atom is 0.405 e. The van der Waals surface area contributed by atoms with Gasteiger partial charge in [0.1, 0.15) is 12.4 Å². The molecular formula is C11H13BrF3N3.